The van der Waals surface area contributed by atoms with Gasteiger partial charge in [0.25, 0.3) is 0 Å². The van der Waals surface area contributed by atoms with Gasteiger partial charge in [0.05, 0.1) is 0 Å². The molecule has 1 nitrogen and oxygen atoms in total. The molecule has 1 aromatic rings. The molecule has 1 aliphatic carbocycles. The van der Waals surface area contributed by atoms with Gasteiger partial charge in [0, 0.05) is 21.0 Å². The summed E-state index contributed by atoms with van der Waals surface area (Å²) in [4.78, 5) is 0. The standard InChI is InChI=1S/C15H22BrNS/c1-2-14(17)15(18-11-7-3-4-8-11)12-9-5-6-10-13(12)16/h5-6,9-11,14-15H,2-4,7-8,17H2,1H3. The lowest BCUT2D eigenvalue weighted by atomic mass is 10.0. The van der Waals surface area contributed by atoms with Crippen LogP contribution < -0.4 is 5.73 Å². The third-order valence-corrected chi connectivity index (χ3v) is 6.19. The second kappa shape index (κ2) is 6.97. The van der Waals surface area contributed by atoms with Crippen LogP contribution in [0.2, 0.25) is 0 Å². The van der Waals surface area contributed by atoms with Crippen LogP contribution in [-0.2, 0) is 0 Å². The molecule has 2 rings (SSSR count). The largest absolute Gasteiger partial charge is 0.326 e. The van der Waals surface area contributed by atoms with Crippen molar-refractivity contribution >= 4 is 27.7 Å². The average Bonchev–Trinajstić information content (AvgIpc) is 2.89. The number of nitrogens with two attached hydrogens (primary N) is 1. The third kappa shape index (κ3) is 3.52. The molecule has 18 heavy (non-hydrogen) atoms. The summed E-state index contributed by atoms with van der Waals surface area (Å²) in [5, 5.41) is 1.23. The van der Waals surface area contributed by atoms with Gasteiger partial charge in [0.15, 0.2) is 0 Å². The summed E-state index contributed by atoms with van der Waals surface area (Å²) in [6.07, 6.45) is 6.54. The summed E-state index contributed by atoms with van der Waals surface area (Å²) < 4.78 is 1.20. The summed E-state index contributed by atoms with van der Waals surface area (Å²) in [5.41, 5.74) is 7.72. The maximum Gasteiger partial charge on any atom is 0.0462 e. The molecule has 0 heterocycles. The molecular formula is C15H22BrNS. The molecule has 2 atom stereocenters. The quantitative estimate of drug-likeness (QED) is 0.832. The van der Waals surface area contributed by atoms with E-state index >= 15 is 0 Å². The van der Waals surface area contributed by atoms with E-state index in [0.29, 0.717) is 5.25 Å². The van der Waals surface area contributed by atoms with Gasteiger partial charge in [-0.2, -0.15) is 0 Å². The fourth-order valence-corrected chi connectivity index (χ4v) is 5.01. The second-order valence-electron chi connectivity index (χ2n) is 5.06. The highest BCUT2D eigenvalue weighted by Gasteiger charge is 2.26. The van der Waals surface area contributed by atoms with E-state index in [2.05, 4.69) is 58.9 Å². The van der Waals surface area contributed by atoms with Gasteiger partial charge in [-0.15, -0.1) is 11.8 Å². The Kier molecular flexibility index (Phi) is 5.58. The van der Waals surface area contributed by atoms with Gasteiger partial charge in [-0.1, -0.05) is 53.9 Å². The van der Waals surface area contributed by atoms with Gasteiger partial charge in [-0.3, -0.25) is 0 Å². The topological polar surface area (TPSA) is 26.0 Å². The maximum absolute atomic E-state index is 6.35. The van der Waals surface area contributed by atoms with E-state index in [4.69, 9.17) is 5.73 Å². The van der Waals surface area contributed by atoms with Crippen LogP contribution in [0.15, 0.2) is 28.7 Å². The zero-order valence-electron chi connectivity index (χ0n) is 10.9. The number of hydrogen-bond donors (Lipinski definition) is 1. The Morgan fingerprint density at radius 2 is 2.00 bits per heavy atom. The molecule has 0 aromatic heterocycles. The summed E-state index contributed by atoms with van der Waals surface area (Å²) in [5.74, 6) is 0. The van der Waals surface area contributed by atoms with Gasteiger partial charge in [0.1, 0.15) is 0 Å². The van der Waals surface area contributed by atoms with Crippen molar-refractivity contribution in [2.45, 2.75) is 55.6 Å². The fourth-order valence-electron chi connectivity index (χ4n) is 2.56. The SMILES string of the molecule is CCC(N)C(SC1CCCC1)c1ccccc1Br. The number of benzene rings is 1. The van der Waals surface area contributed by atoms with Crippen LogP contribution in [0.5, 0.6) is 0 Å². The minimum Gasteiger partial charge on any atom is -0.326 e. The van der Waals surface area contributed by atoms with Crippen LogP contribution in [0, 0.1) is 0 Å². The Balaban J connectivity index is 2.16. The Morgan fingerprint density at radius 3 is 2.61 bits per heavy atom. The van der Waals surface area contributed by atoms with Crippen LogP contribution in [0.25, 0.3) is 0 Å². The molecule has 2 N–H and O–H groups in total. The normalized spacial score (nSPS) is 19.9. The minimum absolute atomic E-state index is 0.245. The second-order valence-corrected chi connectivity index (χ2v) is 7.36. The summed E-state index contributed by atoms with van der Waals surface area (Å²) in [6.45, 7) is 2.18. The molecule has 1 fully saturated rings. The van der Waals surface area contributed by atoms with E-state index < -0.39 is 0 Å². The molecule has 1 saturated carbocycles. The van der Waals surface area contributed by atoms with Crippen molar-refractivity contribution in [1.82, 2.24) is 0 Å². The molecule has 0 radical (unpaired) electrons. The van der Waals surface area contributed by atoms with Gasteiger partial charge in [-0.05, 0) is 30.9 Å². The fraction of sp³-hybridized carbons (Fsp3) is 0.600. The lowest BCUT2D eigenvalue weighted by molar-refractivity contribution is 0.629. The monoisotopic (exact) mass is 327 g/mol. The van der Waals surface area contributed by atoms with E-state index in [9.17, 15) is 0 Å². The average molecular weight is 328 g/mol. The molecule has 0 bridgehead atoms. The van der Waals surface area contributed by atoms with Gasteiger partial charge in [-0.25, -0.2) is 0 Å². The summed E-state index contributed by atoms with van der Waals surface area (Å²) in [6, 6.07) is 8.77. The number of halogens is 1. The number of rotatable bonds is 5. The lowest BCUT2D eigenvalue weighted by Crippen LogP contribution is -2.27. The van der Waals surface area contributed by atoms with Crippen LogP contribution in [0.3, 0.4) is 0 Å². The Bertz CT molecular complexity index is 377. The first kappa shape index (κ1) is 14.4. The van der Waals surface area contributed by atoms with Gasteiger partial charge in [0.2, 0.25) is 0 Å². The number of hydrogen-bond acceptors (Lipinski definition) is 2. The first-order chi connectivity index (χ1) is 8.72. The third-order valence-electron chi connectivity index (χ3n) is 3.71. The zero-order chi connectivity index (χ0) is 13.0. The lowest BCUT2D eigenvalue weighted by Gasteiger charge is -2.26. The zero-order valence-corrected chi connectivity index (χ0v) is 13.3. The highest BCUT2D eigenvalue weighted by molar-refractivity contribution is 9.10. The van der Waals surface area contributed by atoms with Crippen molar-refractivity contribution in [3.8, 4) is 0 Å². The van der Waals surface area contributed by atoms with Crippen LogP contribution in [-0.4, -0.2) is 11.3 Å². The van der Waals surface area contributed by atoms with Gasteiger partial charge < -0.3 is 5.73 Å². The smallest absolute Gasteiger partial charge is 0.0462 e. The molecule has 0 aliphatic heterocycles. The Hall–Kier alpha value is 0.01000. The van der Waals surface area contributed by atoms with E-state index in [1.807, 2.05) is 0 Å². The van der Waals surface area contributed by atoms with Crippen molar-refractivity contribution < 1.29 is 0 Å². The van der Waals surface area contributed by atoms with Crippen molar-refractivity contribution in [3.05, 3.63) is 34.3 Å². The van der Waals surface area contributed by atoms with Crippen molar-refractivity contribution in [3.63, 3.8) is 0 Å². The van der Waals surface area contributed by atoms with Crippen LogP contribution >= 0.6 is 27.7 Å². The van der Waals surface area contributed by atoms with Crippen molar-refractivity contribution in [2.24, 2.45) is 5.73 Å². The van der Waals surface area contributed by atoms with Crippen molar-refractivity contribution in [2.75, 3.05) is 0 Å². The Morgan fingerprint density at radius 1 is 1.33 bits per heavy atom. The highest BCUT2D eigenvalue weighted by Crippen LogP contribution is 2.43. The molecule has 1 aliphatic rings. The Labute approximate surface area is 123 Å². The molecule has 0 spiro atoms. The molecule has 3 heteroatoms. The number of thioether (sulfide) groups is 1. The molecule has 0 amide bonds. The van der Waals surface area contributed by atoms with Crippen LogP contribution in [0.4, 0.5) is 0 Å². The van der Waals surface area contributed by atoms with E-state index in [0.717, 1.165) is 11.7 Å². The molecular weight excluding hydrogens is 306 g/mol. The minimum atomic E-state index is 0.245. The molecule has 1 aromatic carbocycles. The highest BCUT2D eigenvalue weighted by atomic mass is 79.9. The first-order valence-electron chi connectivity index (χ1n) is 6.87. The summed E-state index contributed by atoms with van der Waals surface area (Å²) >= 11 is 5.77. The van der Waals surface area contributed by atoms with Crippen molar-refractivity contribution in [1.29, 1.82) is 0 Å². The van der Waals surface area contributed by atoms with E-state index in [-0.39, 0.29) is 6.04 Å². The van der Waals surface area contributed by atoms with Crippen LogP contribution in [0.1, 0.15) is 49.8 Å². The molecule has 2 unspecified atom stereocenters. The van der Waals surface area contributed by atoms with E-state index in [1.54, 1.807) is 0 Å². The first-order valence-corrected chi connectivity index (χ1v) is 8.61. The molecule has 100 valence electrons. The molecule has 0 saturated heterocycles. The predicted molar refractivity (Wildman–Crippen MR) is 85.0 cm³/mol. The maximum atomic E-state index is 6.35. The predicted octanol–water partition coefficient (Wildman–Crippen LogP) is 4.90. The summed E-state index contributed by atoms with van der Waals surface area (Å²) in [7, 11) is 0. The van der Waals surface area contributed by atoms with Gasteiger partial charge >= 0.3 is 0 Å². The van der Waals surface area contributed by atoms with E-state index in [1.165, 1.54) is 35.7 Å².